The highest BCUT2D eigenvalue weighted by molar-refractivity contribution is 7.68. The van der Waals surface area contributed by atoms with Crippen LogP contribution < -0.4 is 0 Å². The summed E-state index contributed by atoms with van der Waals surface area (Å²) in [6.45, 7) is 7.75. The van der Waals surface area contributed by atoms with Gasteiger partial charge in [-0.25, -0.2) is 0 Å². The molecule has 0 amide bonds. The Kier molecular flexibility index (Phi) is 4.05. The van der Waals surface area contributed by atoms with Gasteiger partial charge < -0.3 is 8.39 Å². The van der Waals surface area contributed by atoms with Gasteiger partial charge in [-0.2, -0.15) is 0 Å². The second kappa shape index (κ2) is 6.60. The summed E-state index contributed by atoms with van der Waals surface area (Å²) in [5.41, 5.74) is 3.62. The highest BCUT2D eigenvalue weighted by atomic mass is 35.7. The molecule has 4 heteroatoms. The molecule has 0 fully saturated rings. The molecule has 1 aromatic heterocycles. The molecular weight excluding hydrogens is 387 g/mol. The lowest BCUT2D eigenvalue weighted by Crippen LogP contribution is -1.82. The van der Waals surface area contributed by atoms with Gasteiger partial charge in [-0.3, -0.25) is 0 Å². The van der Waals surface area contributed by atoms with Gasteiger partial charge in [-0.15, -0.1) is 0 Å². The van der Waals surface area contributed by atoms with Crippen LogP contribution in [0.2, 0.25) is 0 Å². The number of hydrogen-bond acceptors (Lipinski definition) is 2. The Morgan fingerprint density at radius 2 is 1.14 bits per heavy atom. The minimum absolute atomic E-state index is 0.735. The zero-order valence-electron chi connectivity index (χ0n) is 15.0. The van der Waals surface area contributed by atoms with Crippen molar-refractivity contribution in [3.8, 4) is 0 Å². The summed E-state index contributed by atoms with van der Waals surface area (Å²) in [6, 6.07) is 20.6. The first-order valence-corrected chi connectivity index (χ1v) is 11.0. The van der Waals surface area contributed by atoms with Gasteiger partial charge in [-0.05, 0) is 56.9 Å². The van der Waals surface area contributed by atoms with Crippen molar-refractivity contribution in [1.29, 1.82) is 0 Å². The summed E-state index contributed by atoms with van der Waals surface area (Å²) in [5, 5.41) is 6.43. The van der Waals surface area contributed by atoms with Crippen LogP contribution in [0.3, 0.4) is 0 Å². The van der Waals surface area contributed by atoms with Gasteiger partial charge in [0.1, 0.15) is 11.2 Å². The van der Waals surface area contributed by atoms with E-state index in [-0.39, 0.29) is 0 Å². The SMILES string of the molecule is C=Cc1ccc2c(ccc3op(Cl)oc4ccc5cc(C=C)ccc5c4c32)c1. The molecular formula is C24H16ClO2P. The molecule has 4 aromatic carbocycles. The molecule has 0 aliphatic rings. The van der Waals surface area contributed by atoms with Gasteiger partial charge in [0.25, 0.3) is 0 Å². The van der Waals surface area contributed by atoms with Crippen LogP contribution in [0.15, 0.2) is 82.2 Å². The number of fused-ring (bicyclic) bond motifs is 7. The summed E-state index contributed by atoms with van der Waals surface area (Å²) < 4.78 is 11.9. The predicted molar refractivity (Wildman–Crippen MR) is 123 cm³/mol. The van der Waals surface area contributed by atoms with Crippen LogP contribution >= 0.6 is 18.6 Å². The van der Waals surface area contributed by atoms with Gasteiger partial charge in [-0.1, -0.05) is 61.7 Å². The predicted octanol–water partition coefficient (Wildman–Crippen LogP) is 8.88. The zero-order chi connectivity index (χ0) is 19.3. The number of rotatable bonds is 2. The molecule has 0 saturated heterocycles. The molecule has 0 bridgehead atoms. The first-order chi connectivity index (χ1) is 13.7. The van der Waals surface area contributed by atoms with Crippen LogP contribution in [0.1, 0.15) is 11.1 Å². The zero-order valence-corrected chi connectivity index (χ0v) is 16.6. The fraction of sp³-hybridized carbons (Fsp3) is 0. The molecule has 0 N–H and O–H groups in total. The van der Waals surface area contributed by atoms with Gasteiger partial charge in [0.05, 0.1) is 0 Å². The van der Waals surface area contributed by atoms with Gasteiger partial charge in [0, 0.05) is 22.0 Å². The van der Waals surface area contributed by atoms with Crippen molar-refractivity contribution in [2.45, 2.75) is 0 Å². The third kappa shape index (κ3) is 2.65. The first kappa shape index (κ1) is 17.2. The Balaban J connectivity index is 2.11. The molecule has 0 unspecified atom stereocenters. The normalized spacial score (nSPS) is 11.3. The van der Waals surface area contributed by atoms with E-state index in [0.29, 0.717) is 0 Å². The van der Waals surface area contributed by atoms with E-state index in [2.05, 4.69) is 49.6 Å². The molecule has 0 atom stereocenters. The maximum absolute atomic E-state index is 6.37. The number of hydrogen-bond donors (Lipinski definition) is 0. The van der Waals surface area contributed by atoms with E-state index in [4.69, 9.17) is 19.6 Å². The van der Waals surface area contributed by atoms with E-state index in [9.17, 15) is 0 Å². The van der Waals surface area contributed by atoms with E-state index >= 15 is 0 Å². The highest BCUT2D eigenvalue weighted by Gasteiger charge is 2.12. The molecule has 5 rings (SSSR count). The van der Waals surface area contributed by atoms with Crippen molar-refractivity contribution >= 4 is 74.2 Å². The lowest BCUT2D eigenvalue weighted by molar-refractivity contribution is 0.657. The molecule has 0 saturated carbocycles. The second-order valence-corrected chi connectivity index (χ2v) is 8.26. The van der Waals surface area contributed by atoms with Gasteiger partial charge in [0.2, 0.25) is 0 Å². The van der Waals surface area contributed by atoms with Gasteiger partial charge >= 0.3 is 7.37 Å². The smallest absolute Gasteiger partial charge is 0.327 e. The molecule has 5 aromatic rings. The minimum Gasteiger partial charge on any atom is -0.408 e. The average Bonchev–Trinajstić information content (AvgIpc) is 2.88. The first-order valence-electron chi connectivity index (χ1n) is 8.88. The summed E-state index contributed by atoms with van der Waals surface area (Å²) in [4.78, 5) is 0. The van der Waals surface area contributed by atoms with Crippen LogP contribution in [0.5, 0.6) is 0 Å². The summed E-state index contributed by atoms with van der Waals surface area (Å²) in [7, 11) is -1.58. The molecule has 28 heavy (non-hydrogen) atoms. The van der Waals surface area contributed by atoms with Crippen LogP contribution in [0.25, 0.3) is 55.6 Å². The lowest BCUT2D eigenvalue weighted by atomic mass is 9.97. The quantitative estimate of drug-likeness (QED) is 0.294. The lowest BCUT2D eigenvalue weighted by Gasteiger charge is -2.07. The molecule has 0 radical (unpaired) electrons. The number of halogens is 1. The molecule has 136 valence electrons. The number of benzene rings is 4. The summed E-state index contributed by atoms with van der Waals surface area (Å²) in [6.07, 6.45) is 3.70. The van der Waals surface area contributed by atoms with E-state index in [1.54, 1.807) is 0 Å². The average molecular weight is 403 g/mol. The molecule has 0 aliphatic carbocycles. The van der Waals surface area contributed by atoms with Crippen molar-refractivity contribution in [3.05, 3.63) is 84.9 Å². The van der Waals surface area contributed by atoms with E-state index in [1.165, 1.54) is 0 Å². The van der Waals surface area contributed by atoms with Crippen molar-refractivity contribution in [2.75, 3.05) is 0 Å². The highest BCUT2D eigenvalue weighted by Crippen LogP contribution is 2.42. The third-order valence-corrected chi connectivity index (χ3v) is 6.17. The van der Waals surface area contributed by atoms with Crippen LogP contribution in [0.4, 0.5) is 0 Å². The standard InChI is InChI=1S/C24H16ClO2P/c1-3-15-5-9-19-17(13-15)7-11-21-23(19)24-20-10-6-16(4-2)14-18(20)8-12-22(24)27-28(25)26-21/h3-14H,1-2H2. The Labute approximate surface area is 167 Å². The fourth-order valence-electron chi connectivity index (χ4n) is 3.75. The topological polar surface area (TPSA) is 26.3 Å². The Bertz CT molecular complexity index is 1350. The second-order valence-electron chi connectivity index (χ2n) is 6.64. The Morgan fingerprint density at radius 3 is 1.57 bits per heavy atom. The fourth-order valence-corrected chi connectivity index (χ4v) is 4.85. The van der Waals surface area contributed by atoms with Crippen molar-refractivity contribution in [2.24, 2.45) is 0 Å². The largest absolute Gasteiger partial charge is 0.408 e. The molecule has 0 spiro atoms. The van der Waals surface area contributed by atoms with Crippen LogP contribution in [-0.4, -0.2) is 0 Å². The summed E-state index contributed by atoms with van der Waals surface area (Å²) >= 11 is 6.37. The van der Waals surface area contributed by atoms with Gasteiger partial charge in [0.15, 0.2) is 0 Å². The maximum Gasteiger partial charge on any atom is 0.327 e. The molecule has 2 nitrogen and oxygen atoms in total. The van der Waals surface area contributed by atoms with E-state index < -0.39 is 7.37 Å². The van der Waals surface area contributed by atoms with Crippen LogP contribution in [0, 0.1) is 0 Å². The van der Waals surface area contributed by atoms with E-state index in [0.717, 1.165) is 54.6 Å². The van der Waals surface area contributed by atoms with Crippen molar-refractivity contribution in [3.63, 3.8) is 0 Å². The minimum atomic E-state index is -1.58. The van der Waals surface area contributed by atoms with Crippen LogP contribution in [-0.2, 0) is 0 Å². The molecule has 1 heterocycles. The van der Waals surface area contributed by atoms with E-state index in [1.807, 2.05) is 36.4 Å². The van der Waals surface area contributed by atoms with Crippen molar-refractivity contribution < 1.29 is 8.39 Å². The van der Waals surface area contributed by atoms with Crippen molar-refractivity contribution in [1.82, 2.24) is 0 Å². The summed E-state index contributed by atoms with van der Waals surface area (Å²) in [5.74, 6) is 0. The Morgan fingerprint density at radius 1 is 0.679 bits per heavy atom. The molecule has 0 aliphatic heterocycles. The Hall–Kier alpha value is -2.93. The maximum atomic E-state index is 6.37. The monoisotopic (exact) mass is 402 g/mol. The third-order valence-electron chi connectivity index (χ3n) is 5.07.